The van der Waals surface area contributed by atoms with Crippen molar-refractivity contribution in [1.29, 1.82) is 0 Å². The molecule has 0 radical (unpaired) electrons. The Hall–Kier alpha value is -1.65. The van der Waals surface area contributed by atoms with Crippen LogP contribution in [0.5, 0.6) is 0 Å². The highest BCUT2D eigenvalue weighted by Crippen LogP contribution is 2.02. The van der Waals surface area contributed by atoms with Crippen molar-refractivity contribution in [3.63, 3.8) is 0 Å². The highest BCUT2D eigenvalue weighted by Gasteiger charge is 1.99. The third kappa shape index (κ3) is 4.25. The number of H-pyrrole nitrogens is 1. The molecular weight excluding hydrogens is 204 g/mol. The molecule has 0 atom stereocenters. The Morgan fingerprint density at radius 2 is 2.31 bits per heavy atom. The molecule has 5 nitrogen and oxygen atoms in total. The third-order valence-corrected chi connectivity index (χ3v) is 1.93. The Kier molecular flexibility index (Phi) is 4.22. The van der Waals surface area contributed by atoms with E-state index in [1.165, 1.54) is 6.07 Å². The van der Waals surface area contributed by atoms with Crippen LogP contribution in [0.25, 0.3) is 0 Å². The van der Waals surface area contributed by atoms with Crippen molar-refractivity contribution in [2.75, 3.05) is 5.43 Å². The van der Waals surface area contributed by atoms with Crippen molar-refractivity contribution >= 4 is 11.7 Å². The monoisotopic (exact) mass is 222 g/mol. The van der Waals surface area contributed by atoms with Crippen molar-refractivity contribution in [2.24, 2.45) is 11.0 Å². The summed E-state index contributed by atoms with van der Waals surface area (Å²) in [4.78, 5) is 17.8. The van der Waals surface area contributed by atoms with Gasteiger partial charge < -0.3 is 0 Å². The van der Waals surface area contributed by atoms with Gasteiger partial charge in [-0.3, -0.25) is 9.78 Å². The molecule has 1 aromatic heterocycles. The number of hydrogen-bond acceptors (Lipinski definition) is 4. The predicted octanol–water partition coefficient (Wildman–Crippen LogP) is 1.91. The zero-order valence-electron chi connectivity index (χ0n) is 10.2. The molecule has 0 unspecified atom stereocenters. The second kappa shape index (κ2) is 5.44. The van der Waals surface area contributed by atoms with Crippen LogP contribution < -0.4 is 11.0 Å². The molecule has 88 valence electrons. The molecule has 0 aliphatic rings. The van der Waals surface area contributed by atoms with Gasteiger partial charge in [-0.1, -0.05) is 13.8 Å². The third-order valence-electron chi connectivity index (χ3n) is 1.93. The van der Waals surface area contributed by atoms with Crippen LogP contribution in [-0.2, 0) is 0 Å². The summed E-state index contributed by atoms with van der Waals surface area (Å²) >= 11 is 0. The average Bonchev–Trinajstić information content (AvgIpc) is 2.12. The van der Waals surface area contributed by atoms with Gasteiger partial charge in [-0.25, -0.2) is 10.4 Å². The van der Waals surface area contributed by atoms with E-state index in [-0.39, 0.29) is 5.56 Å². The van der Waals surface area contributed by atoms with Crippen molar-refractivity contribution in [3.8, 4) is 0 Å². The van der Waals surface area contributed by atoms with Gasteiger partial charge in [-0.05, 0) is 26.2 Å². The van der Waals surface area contributed by atoms with E-state index < -0.39 is 0 Å². The molecule has 0 aromatic carbocycles. The number of rotatable bonds is 4. The summed E-state index contributed by atoms with van der Waals surface area (Å²) in [6.45, 7) is 7.98. The fourth-order valence-corrected chi connectivity index (χ4v) is 1.42. The summed E-state index contributed by atoms with van der Waals surface area (Å²) in [5.41, 5.74) is 4.23. The van der Waals surface area contributed by atoms with E-state index in [0.29, 0.717) is 17.6 Å². The summed E-state index contributed by atoms with van der Waals surface area (Å²) in [6, 6.07) is 1.44. The van der Waals surface area contributed by atoms with Crippen LogP contribution >= 0.6 is 0 Å². The Bertz CT molecular complexity index is 434. The zero-order chi connectivity index (χ0) is 12.1. The summed E-state index contributed by atoms with van der Waals surface area (Å²) in [5, 5.41) is 4.15. The van der Waals surface area contributed by atoms with Gasteiger partial charge in [0.1, 0.15) is 0 Å². The van der Waals surface area contributed by atoms with Crippen LogP contribution in [-0.4, -0.2) is 15.7 Å². The average molecular weight is 222 g/mol. The minimum absolute atomic E-state index is 0.174. The first kappa shape index (κ1) is 12.4. The van der Waals surface area contributed by atoms with Crippen LogP contribution in [0.15, 0.2) is 16.0 Å². The van der Waals surface area contributed by atoms with E-state index in [2.05, 4.69) is 34.3 Å². The van der Waals surface area contributed by atoms with E-state index in [1.807, 2.05) is 6.92 Å². The molecule has 0 aliphatic carbocycles. The lowest BCUT2D eigenvalue weighted by atomic mass is 10.1. The second-order valence-corrected chi connectivity index (χ2v) is 4.29. The SMILES string of the molecule is CC(CC(C)C)=NNc1nc(C)cc(=O)[nH]1. The van der Waals surface area contributed by atoms with Crippen LogP contribution in [0.3, 0.4) is 0 Å². The lowest BCUT2D eigenvalue weighted by Crippen LogP contribution is -2.11. The molecule has 5 heteroatoms. The molecule has 1 rings (SSSR count). The van der Waals surface area contributed by atoms with Gasteiger partial charge in [-0.15, -0.1) is 0 Å². The fourth-order valence-electron chi connectivity index (χ4n) is 1.42. The van der Waals surface area contributed by atoms with Crippen molar-refractivity contribution in [3.05, 3.63) is 22.1 Å². The number of aromatic amines is 1. The van der Waals surface area contributed by atoms with Gasteiger partial charge in [0.25, 0.3) is 5.56 Å². The molecular formula is C11H18N4O. The lowest BCUT2D eigenvalue weighted by Gasteiger charge is -2.05. The molecule has 1 aromatic rings. The molecule has 1 heterocycles. The van der Waals surface area contributed by atoms with E-state index in [4.69, 9.17) is 0 Å². The first-order valence-electron chi connectivity index (χ1n) is 5.34. The molecule has 0 aliphatic heterocycles. The van der Waals surface area contributed by atoms with Crippen molar-refractivity contribution in [1.82, 2.24) is 9.97 Å². The summed E-state index contributed by atoms with van der Waals surface area (Å²) in [6.07, 6.45) is 0.920. The first-order valence-corrected chi connectivity index (χ1v) is 5.34. The summed E-state index contributed by atoms with van der Waals surface area (Å²) in [7, 11) is 0. The van der Waals surface area contributed by atoms with Gasteiger partial charge >= 0.3 is 0 Å². The molecule has 0 spiro atoms. The number of aryl methyl sites for hydroxylation is 1. The highest BCUT2D eigenvalue weighted by atomic mass is 16.1. The molecule has 16 heavy (non-hydrogen) atoms. The van der Waals surface area contributed by atoms with Crippen LogP contribution in [0.4, 0.5) is 5.95 Å². The van der Waals surface area contributed by atoms with Crippen LogP contribution in [0.1, 0.15) is 32.9 Å². The number of nitrogens with one attached hydrogen (secondary N) is 2. The van der Waals surface area contributed by atoms with E-state index >= 15 is 0 Å². The maximum Gasteiger partial charge on any atom is 0.252 e. The van der Waals surface area contributed by atoms with Crippen LogP contribution in [0, 0.1) is 12.8 Å². The quantitative estimate of drug-likeness (QED) is 0.604. The standard InChI is InChI=1S/C11H18N4O/c1-7(2)5-9(4)14-15-11-12-8(3)6-10(16)13-11/h6-7H,5H2,1-4H3,(H2,12,13,15,16). The lowest BCUT2D eigenvalue weighted by molar-refractivity contribution is 0.681. The van der Waals surface area contributed by atoms with Gasteiger partial charge in [-0.2, -0.15) is 5.10 Å². The smallest absolute Gasteiger partial charge is 0.252 e. The number of hydrogen-bond donors (Lipinski definition) is 2. The van der Waals surface area contributed by atoms with Crippen molar-refractivity contribution < 1.29 is 0 Å². The molecule has 0 fully saturated rings. The fraction of sp³-hybridized carbons (Fsp3) is 0.545. The van der Waals surface area contributed by atoms with Crippen molar-refractivity contribution in [2.45, 2.75) is 34.1 Å². The number of nitrogens with zero attached hydrogens (tertiary/aromatic N) is 2. The minimum atomic E-state index is -0.174. The normalized spacial score (nSPS) is 11.9. The molecule has 0 bridgehead atoms. The van der Waals surface area contributed by atoms with Crippen LogP contribution in [0.2, 0.25) is 0 Å². The maximum absolute atomic E-state index is 11.1. The molecule has 0 amide bonds. The first-order chi connectivity index (χ1) is 7.47. The van der Waals surface area contributed by atoms with E-state index in [1.54, 1.807) is 6.92 Å². The van der Waals surface area contributed by atoms with E-state index in [0.717, 1.165) is 12.1 Å². The van der Waals surface area contributed by atoms with E-state index in [9.17, 15) is 4.79 Å². The minimum Gasteiger partial charge on any atom is -0.291 e. The van der Waals surface area contributed by atoms with Gasteiger partial charge in [0, 0.05) is 17.5 Å². The molecule has 0 saturated heterocycles. The summed E-state index contributed by atoms with van der Waals surface area (Å²) in [5.74, 6) is 0.947. The Morgan fingerprint density at radius 1 is 1.62 bits per heavy atom. The number of hydrazone groups is 1. The molecule has 2 N–H and O–H groups in total. The molecule has 0 saturated carbocycles. The Labute approximate surface area is 95.0 Å². The van der Waals surface area contributed by atoms with Gasteiger partial charge in [0.2, 0.25) is 5.95 Å². The number of aromatic nitrogens is 2. The zero-order valence-corrected chi connectivity index (χ0v) is 10.2. The topological polar surface area (TPSA) is 70.1 Å². The Morgan fingerprint density at radius 3 is 2.88 bits per heavy atom. The second-order valence-electron chi connectivity index (χ2n) is 4.29. The predicted molar refractivity (Wildman–Crippen MR) is 65.8 cm³/mol. The maximum atomic E-state index is 11.1. The largest absolute Gasteiger partial charge is 0.291 e. The highest BCUT2D eigenvalue weighted by molar-refractivity contribution is 5.82. The van der Waals surface area contributed by atoms with Gasteiger partial charge in [0.15, 0.2) is 0 Å². The van der Waals surface area contributed by atoms with Gasteiger partial charge in [0.05, 0.1) is 0 Å². The number of anilines is 1. The summed E-state index contributed by atoms with van der Waals surface area (Å²) < 4.78 is 0. The Balaban J connectivity index is 2.70.